The maximum atomic E-state index is 12.0. The van der Waals surface area contributed by atoms with Crippen LogP contribution in [0.4, 0.5) is 0 Å². The van der Waals surface area contributed by atoms with Gasteiger partial charge in [0.2, 0.25) is 5.69 Å². The van der Waals surface area contributed by atoms with E-state index in [0.717, 1.165) is 12.8 Å². The molecule has 0 N–H and O–H groups in total. The fourth-order valence-corrected chi connectivity index (χ4v) is 2.85. The fourth-order valence-electron chi connectivity index (χ4n) is 1.58. The van der Waals surface area contributed by atoms with Gasteiger partial charge in [-0.3, -0.25) is 8.84 Å². The van der Waals surface area contributed by atoms with Crippen LogP contribution in [0.15, 0.2) is 40.0 Å². The second-order valence-corrected chi connectivity index (χ2v) is 5.34. The highest BCUT2D eigenvalue weighted by atomic mass is 32.2. The Morgan fingerprint density at radius 1 is 1.39 bits per heavy atom. The summed E-state index contributed by atoms with van der Waals surface area (Å²) < 4.78 is 16.6. The van der Waals surface area contributed by atoms with Gasteiger partial charge in [-0.25, -0.2) is 0 Å². The molecule has 2 rings (SSSR count). The second-order valence-electron chi connectivity index (χ2n) is 3.85. The Morgan fingerprint density at radius 3 is 2.78 bits per heavy atom. The minimum absolute atomic E-state index is 0.227. The Hall–Kier alpha value is -1.69. The zero-order valence-corrected chi connectivity index (χ0v) is 10.9. The molecule has 1 atom stereocenters. The van der Waals surface area contributed by atoms with Gasteiger partial charge >= 0.3 is 5.03 Å². The molecule has 96 valence electrons. The molecular weight excluding hydrogens is 252 g/mol. The molecule has 0 amide bonds. The quantitative estimate of drug-likeness (QED) is 0.775. The summed E-state index contributed by atoms with van der Waals surface area (Å²) in [7, 11) is -1.30. The van der Waals surface area contributed by atoms with Gasteiger partial charge in [-0.1, -0.05) is 43.7 Å². The van der Waals surface area contributed by atoms with Gasteiger partial charge in [-0.15, -0.1) is 0 Å². The Bertz CT molecular complexity index is 540. The van der Waals surface area contributed by atoms with E-state index in [4.69, 9.17) is 0 Å². The molecule has 1 aromatic carbocycles. The lowest BCUT2D eigenvalue weighted by Crippen LogP contribution is -2.25. The van der Waals surface area contributed by atoms with Crippen LogP contribution in [0.5, 0.6) is 0 Å². The summed E-state index contributed by atoms with van der Waals surface area (Å²) in [6.45, 7) is 2.02. The zero-order chi connectivity index (χ0) is 13.0. The van der Waals surface area contributed by atoms with Gasteiger partial charge in [0.25, 0.3) is 0 Å². The molecule has 1 unspecified atom stereocenters. The fraction of sp³-hybridized carbons (Fsp3) is 0.333. The van der Waals surface area contributed by atoms with Crippen LogP contribution in [0.25, 0.3) is 11.3 Å². The van der Waals surface area contributed by atoms with Crippen molar-refractivity contribution < 1.29 is 13.7 Å². The summed E-state index contributed by atoms with van der Waals surface area (Å²) in [5.41, 5.74) is 0.902. The van der Waals surface area contributed by atoms with Gasteiger partial charge in [-0.2, -0.15) is 0 Å². The van der Waals surface area contributed by atoms with Gasteiger partial charge in [0.05, 0.1) is 5.16 Å². The number of aromatic nitrogens is 2. The Balaban J connectivity index is 2.36. The molecule has 0 aliphatic carbocycles. The summed E-state index contributed by atoms with van der Waals surface area (Å²) in [5.74, 6) is 0.489. The number of benzene rings is 1. The van der Waals surface area contributed by atoms with E-state index in [2.05, 4.69) is 9.79 Å². The first-order valence-electron chi connectivity index (χ1n) is 5.77. The highest BCUT2D eigenvalue weighted by Gasteiger charge is 2.25. The van der Waals surface area contributed by atoms with Crippen LogP contribution in [-0.4, -0.2) is 15.1 Å². The number of rotatable bonds is 5. The molecule has 1 aromatic heterocycles. The van der Waals surface area contributed by atoms with Crippen molar-refractivity contribution in [2.24, 2.45) is 0 Å². The largest absolute Gasteiger partial charge is 0.359 e. The first kappa shape index (κ1) is 12.8. The number of hydrogen-bond donors (Lipinski definition) is 0. The molecule has 0 spiro atoms. The van der Waals surface area contributed by atoms with E-state index in [0.29, 0.717) is 16.2 Å². The van der Waals surface area contributed by atoms with E-state index in [1.807, 2.05) is 13.0 Å². The van der Waals surface area contributed by atoms with Gasteiger partial charge in [0.15, 0.2) is 0 Å². The number of hydrogen-bond acceptors (Lipinski definition) is 4. The smallest absolute Gasteiger partial charge is 0.312 e. The molecule has 0 radical (unpaired) electrons. The Kier molecular flexibility index (Phi) is 4.09. The number of nitrogens with zero attached hydrogens (tertiary/aromatic N) is 2. The van der Waals surface area contributed by atoms with Crippen LogP contribution in [0.2, 0.25) is 0 Å². The summed E-state index contributed by atoms with van der Waals surface area (Å²) >= 11 is 0. The van der Waals surface area contributed by atoms with E-state index in [1.54, 1.807) is 24.3 Å². The van der Waals surface area contributed by atoms with Crippen LogP contribution in [0.1, 0.15) is 19.8 Å². The lowest BCUT2D eigenvalue weighted by molar-refractivity contribution is -0.793. The van der Waals surface area contributed by atoms with Gasteiger partial charge in [-0.05, 0) is 11.3 Å². The summed E-state index contributed by atoms with van der Waals surface area (Å²) in [5, 5.41) is 15.4. The molecule has 0 aliphatic rings. The predicted octanol–water partition coefficient (Wildman–Crippen LogP) is 1.88. The second kappa shape index (κ2) is 5.77. The Labute approximate surface area is 107 Å². The minimum atomic E-state index is -1.30. The molecule has 0 bridgehead atoms. The van der Waals surface area contributed by atoms with Gasteiger partial charge in [0, 0.05) is 11.3 Å². The maximum absolute atomic E-state index is 12.0. The van der Waals surface area contributed by atoms with Crippen molar-refractivity contribution in [2.45, 2.75) is 24.8 Å². The van der Waals surface area contributed by atoms with Crippen molar-refractivity contribution in [1.29, 1.82) is 0 Å². The van der Waals surface area contributed by atoms with Crippen molar-refractivity contribution >= 4 is 10.8 Å². The average Bonchev–Trinajstić information content (AvgIpc) is 2.79. The third-order valence-corrected chi connectivity index (χ3v) is 3.89. The van der Waals surface area contributed by atoms with Gasteiger partial charge in [0.1, 0.15) is 10.8 Å². The van der Waals surface area contributed by atoms with E-state index in [1.165, 1.54) is 0 Å². The van der Waals surface area contributed by atoms with Crippen molar-refractivity contribution in [3.8, 4) is 11.3 Å². The third-order valence-electron chi connectivity index (χ3n) is 2.53. The normalized spacial score (nSPS) is 12.5. The summed E-state index contributed by atoms with van der Waals surface area (Å²) in [6.07, 6.45) is 1.77. The zero-order valence-electron chi connectivity index (χ0n) is 10.0. The van der Waals surface area contributed by atoms with Crippen LogP contribution in [0, 0.1) is 5.21 Å². The first-order valence-corrected chi connectivity index (χ1v) is 7.09. The molecule has 0 fully saturated rings. The third kappa shape index (κ3) is 2.59. The SMILES string of the molecule is CCCCS(=O)c1no[n+]([O-])c1-c1ccccc1. The molecule has 0 aliphatic heterocycles. The van der Waals surface area contributed by atoms with Gasteiger partial charge < -0.3 is 5.21 Å². The van der Waals surface area contributed by atoms with Crippen molar-refractivity contribution in [2.75, 3.05) is 5.75 Å². The molecule has 2 aromatic rings. The first-order chi connectivity index (χ1) is 8.74. The van der Waals surface area contributed by atoms with Crippen molar-refractivity contribution in [3.05, 3.63) is 35.5 Å². The highest BCUT2D eigenvalue weighted by Crippen LogP contribution is 2.21. The standard InChI is InChI=1S/C12H14N2O3S/c1-2-3-9-18(16)12-11(14(15)17-13-12)10-7-5-4-6-8-10/h4-8H,2-3,9H2,1H3. The summed E-state index contributed by atoms with van der Waals surface area (Å²) in [4.78, 5) is 0.314. The molecule has 18 heavy (non-hydrogen) atoms. The molecular formula is C12H14N2O3S. The van der Waals surface area contributed by atoms with Crippen LogP contribution >= 0.6 is 0 Å². The van der Waals surface area contributed by atoms with E-state index < -0.39 is 10.8 Å². The van der Waals surface area contributed by atoms with E-state index >= 15 is 0 Å². The van der Waals surface area contributed by atoms with Crippen LogP contribution in [0.3, 0.4) is 0 Å². The van der Waals surface area contributed by atoms with Crippen LogP contribution in [-0.2, 0) is 10.8 Å². The van der Waals surface area contributed by atoms with Crippen LogP contribution < -0.4 is 4.90 Å². The minimum Gasteiger partial charge on any atom is -0.359 e. The van der Waals surface area contributed by atoms with E-state index in [-0.39, 0.29) is 10.7 Å². The van der Waals surface area contributed by atoms with Crippen molar-refractivity contribution in [3.63, 3.8) is 0 Å². The maximum Gasteiger partial charge on any atom is 0.312 e. The highest BCUT2D eigenvalue weighted by molar-refractivity contribution is 7.85. The topological polar surface area (TPSA) is 70.0 Å². The molecule has 5 nitrogen and oxygen atoms in total. The lowest BCUT2D eigenvalue weighted by atomic mass is 10.2. The average molecular weight is 266 g/mol. The van der Waals surface area contributed by atoms with E-state index in [9.17, 15) is 9.42 Å². The lowest BCUT2D eigenvalue weighted by Gasteiger charge is -1.98. The number of unbranched alkanes of at least 4 members (excludes halogenated alkanes) is 1. The molecule has 0 saturated carbocycles. The monoisotopic (exact) mass is 266 g/mol. The Morgan fingerprint density at radius 2 is 2.11 bits per heavy atom. The summed E-state index contributed by atoms with van der Waals surface area (Å²) in [6, 6.07) is 8.99. The molecule has 1 heterocycles. The molecule has 0 saturated heterocycles. The molecule has 6 heteroatoms. The predicted molar refractivity (Wildman–Crippen MR) is 67.1 cm³/mol. The van der Waals surface area contributed by atoms with Crippen molar-refractivity contribution in [1.82, 2.24) is 5.16 Å².